The number of ether oxygens (including phenoxy) is 1. The summed E-state index contributed by atoms with van der Waals surface area (Å²) in [7, 11) is 0. The van der Waals surface area contributed by atoms with Gasteiger partial charge in [0.25, 0.3) is 0 Å². The van der Waals surface area contributed by atoms with Gasteiger partial charge in [0.05, 0.1) is 25.5 Å². The van der Waals surface area contributed by atoms with Crippen LogP contribution in [0.2, 0.25) is 0 Å². The molecule has 0 saturated carbocycles. The van der Waals surface area contributed by atoms with E-state index in [9.17, 15) is 18.0 Å². The van der Waals surface area contributed by atoms with Crippen LogP contribution in [0.1, 0.15) is 6.55 Å². The third-order valence-corrected chi connectivity index (χ3v) is 2.53. The lowest BCUT2D eigenvalue weighted by Gasteiger charge is -2.13. The summed E-state index contributed by atoms with van der Waals surface area (Å²) in [4.78, 5) is 11.5. The number of aromatic nitrogens is 2. The third kappa shape index (κ3) is 2.49. The van der Waals surface area contributed by atoms with Gasteiger partial charge in [-0.3, -0.25) is 0 Å². The Morgan fingerprint density at radius 2 is 2.28 bits per heavy atom. The molecule has 2 heterocycles. The van der Waals surface area contributed by atoms with E-state index in [1.807, 2.05) is 0 Å². The van der Waals surface area contributed by atoms with Crippen molar-refractivity contribution in [2.24, 2.45) is 0 Å². The summed E-state index contributed by atoms with van der Waals surface area (Å²) in [6, 6.07) is 0. The van der Waals surface area contributed by atoms with Crippen molar-refractivity contribution in [3.05, 3.63) is 12.4 Å². The van der Waals surface area contributed by atoms with E-state index in [2.05, 4.69) is 5.10 Å². The van der Waals surface area contributed by atoms with Crippen molar-refractivity contribution < 1.29 is 27.8 Å². The average Bonchev–Trinajstić information content (AvgIpc) is 2.87. The van der Waals surface area contributed by atoms with Crippen molar-refractivity contribution in [1.29, 1.82) is 0 Å². The summed E-state index contributed by atoms with van der Waals surface area (Å²) in [6.45, 7) is -3.23. The van der Waals surface area contributed by atoms with E-state index >= 15 is 0 Å². The standard InChI is InChI=1S/C9H10F3N3O3/c10-6-3-14(9(16)17)4-7(6)18-5-1-13-15(2-5)8(11)12/h1-2,6-8H,3-4H2,(H,16,17)/t6-,7+/m0/s1. The van der Waals surface area contributed by atoms with Crippen LogP contribution in [0.3, 0.4) is 0 Å². The molecule has 6 nitrogen and oxygen atoms in total. The molecule has 1 aromatic heterocycles. The Balaban J connectivity index is 1.98. The minimum Gasteiger partial charge on any atom is -0.482 e. The molecule has 1 fully saturated rings. The van der Waals surface area contributed by atoms with Crippen LogP contribution >= 0.6 is 0 Å². The molecule has 1 aliphatic heterocycles. The van der Waals surface area contributed by atoms with Crippen LogP contribution in [0.25, 0.3) is 0 Å². The van der Waals surface area contributed by atoms with Crippen LogP contribution in [0.15, 0.2) is 12.4 Å². The number of rotatable bonds is 3. The van der Waals surface area contributed by atoms with Gasteiger partial charge < -0.3 is 14.7 Å². The van der Waals surface area contributed by atoms with Gasteiger partial charge in [-0.15, -0.1) is 0 Å². The number of hydrogen-bond acceptors (Lipinski definition) is 3. The normalized spacial score (nSPS) is 23.7. The molecule has 1 aliphatic rings. The van der Waals surface area contributed by atoms with E-state index in [4.69, 9.17) is 9.84 Å². The second-order valence-electron chi connectivity index (χ2n) is 3.79. The lowest BCUT2D eigenvalue weighted by molar-refractivity contribution is 0.0559. The third-order valence-electron chi connectivity index (χ3n) is 2.53. The first kappa shape index (κ1) is 12.5. The molecule has 2 rings (SSSR count). The van der Waals surface area contributed by atoms with Gasteiger partial charge in [-0.2, -0.15) is 13.9 Å². The second kappa shape index (κ2) is 4.75. The molecule has 100 valence electrons. The fraction of sp³-hybridized carbons (Fsp3) is 0.556. The van der Waals surface area contributed by atoms with E-state index in [0.717, 1.165) is 17.3 Å². The monoisotopic (exact) mass is 265 g/mol. The van der Waals surface area contributed by atoms with Crippen LogP contribution in [-0.2, 0) is 0 Å². The van der Waals surface area contributed by atoms with E-state index in [0.29, 0.717) is 4.68 Å². The highest BCUT2D eigenvalue weighted by Gasteiger charge is 2.37. The zero-order chi connectivity index (χ0) is 13.3. The van der Waals surface area contributed by atoms with Gasteiger partial charge in [0.2, 0.25) is 0 Å². The maximum atomic E-state index is 13.4. The molecule has 2 atom stereocenters. The Morgan fingerprint density at radius 3 is 2.78 bits per heavy atom. The van der Waals surface area contributed by atoms with Crippen LogP contribution in [0.4, 0.5) is 18.0 Å². The zero-order valence-electron chi connectivity index (χ0n) is 9.04. The van der Waals surface area contributed by atoms with Gasteiger partial charge in [0.1, 0.15) is 6.10 Å². The minimum atomic E-state index is -2.80. The molecule has 18 heavy (non-hydrogen) atoms. The van der Waals surface area contributed by atoms with Gasteiger partial charge in [-0.05, 0) is 0 Å². The topological polar surface area (TPSA) is 67.6 Å². The lowest BCUT2D eigenvalue weighted by Crippen LogP contribution is -2.29. The van der Waals surface area contributed by atoms with Gasteiger partial charge in [-0.1, -0.05) is 0 Å². The summed E-state index contributed by atoms with van der Waals surface area (Å²) < 4.78 is 43.4. The van der Waals surface area contributed by atoms with E-state index in [1.54, 1.807) is 0 Å². The lowest BCUT2D eigenvalue weighted by atomic mass is 10.3. The van der Waals surface area contributed by atoms with E-state index in [-0.39, 0.29) is 18.8 Å². The predicted molar refractivity (Wildman–Crippen MR) is 52.4 cm³/mol. The molecular formula is C9H10F3N3O3. The Kier molecular flexibility index (Phi) is 3.30. The van der Waals surface area contributed by atoms with Crippen molar-refractivity contribution in [2.75, 3.05) is 13.1 Å². The largest absolute Gasteiger partial charge is 0.482 e. The molecule has 1 amide bonds. The molecule has 0 unspecified atom stereocenters. The Hall–Kier alpha value is -1.93. The molecule has 0 aliphatic carbocycles. The molecule has 1 N–H and O–H groups in total. The number of amides is 1. The number of likely N-dealkylation sites (tertiary alicyclic amines) is 1. The molecule has 0 radical (unpaired) electrons. The first-order valence-electron chi connectivity index (χ1n) is 5.08. The van der Waals surface area contributed by atoms with Crippen LogP contribution in [-0.4, -0.2) is 51.2 Å². The average molecular weight is 265 g/mol. The Bertz CT molecular complexity index is 440. The van der Waals surface area contributed by atoms with Crippen molar-refractivity contribution in [3.63, 3.8) is 0 Å². The van der Waals surface area contributed by atoms with Gasteiger partial charge in [0.15, 0.2) is 11.9 Å². The van der Waals surface area contributed by atoms with Crippen LogP contribution < -0.4 is 4.74 Å². The molecule has 0 spiro atoms. The van der Waals surface area contributed by atoms with Crippen molar-refractivity contribution in [1.82, 2.24) is 14.7 Å². The summed E-state index contributed by atoms with van der Waals surface area (Å²) in [5.41, 5.74) is 0. The Labute approximate surface area is 99.5 Å². The highest BCUT2D eigenvalue weighted by molar-refractivity contribution is 5.65. The van der Waals surface area contributed by atoms with E-state index < -0.39 is 24.9 Å². The fourth-order valence-corrected chi connectivity index (χ4v) is 1.66. The number of alkyl halides is 3. The number of halogens is 3. The van der Waals surface area contributed by atoms with E-state index in [1.165, 1.54) is 0 Å². The summed E-state index contributed by atoms with van der Waals surface area (Å²) >= 11 is 0. The number of hydrogen-bond donors (Lipinski definition) is 1. The molecule has 1 saturated heterocycles. The molecular weight excluding hydrogens is 255 g/mol. The smallest absolute Gasteiger partial charge is 0.407 e. The summed E-state index contributed by atoms with van der Waals surface area (Å²) in [5, 5.41) is 12.0. The van der Waals surface area contributed by atoms with Gasteiger partial charge >= 0.3 is 12.6 Å². The Morgan fingerprint density at radius 1 is 1.56 bits per heavy atom. The summed E-state index contributed by atoms with van der Waals surface area (Å²) in [6.07, 6.45) is -1.78. The number of carboxylic acid groups (broad SMARTS) is 1. The molecule has 0 bridgehead atoms. The van der Waals surface area contributed by atoms with Crippen LogP contribution in [0, 0.1) is 0 Å². The minimum absolute atomic E-state index is 0.0183. The van der Waals surface area contributed by atoms with Crippen LogP contribution in [0.5, 0.6) is 5.75 Å². The maximum Gasteiger partial charge on any atom is 0.407 e. The van der Waals surface area contributed by atoms with Crippen molar-refractivity contribution >= 4 is 6.09 Å². The first-order chi connectivity index (χ1) is 8.47. The number of carbonyl (C=O) groups is 1. The molecule has 9 heteroatoms. The zero-order valence-corrected chi connectivity index (χ0v) is 9.04. The first-order valence-corrected chi connectivity index (χ1v) is 5.08. The molecule has 1 aromatic rings. The van der Waals surface area contributed by atoms with Gasteiger partial charge in [0, 0.05) is 0 Å². The summed E-state index contributed by atoms with van der Waals surface area (Å²) in [5.74, 6) is -0.0183. The highest BCUT2D eigenvalue weighted by atomic mass is 19.3. The van der Waals surface area contributed by atoms with Gasteiger partial charge in [-0.25, -0.2) is 13.9 Å². The molecule has 0 aromatic carbocycles. The fourth-order valence-electron chi connectivity index (χ4n) is 1.66. The SMILES string of the molecule is O=C(O)N1C[C@H](F)[C@H](Oc2cnn(C(F)F)c2)C1. The second-order valence-corrected chi connectivity index (χ2v) is 3.79. The van der Waals surface area contributed by atoms with Crippen molar-refractivity contribution in [3.8, 4) is 5.75 Å². The van der Waals surface area contributed by atoms with Crippen molar-refractivity contribution in [2.45, 2.75) is 18.8 Å². The highest BCUT2D eigenvalue weighted by Crippen LogP contribution is 2.21. The predicted octanol–water partition coefficient (Wildman–Crippen LogP) is 1.36. The maximum absolute atomic E-state index is 13.4. The quantitative estimate of drug-likeness (QED) is 0.896. The number of nitrogens with zero attached hydrogens (tertiary/aromatic N) is 3.